The molecule has 3 aromatic rings. The normalized spacial score (nSPS) is 12.9. The number of amides is 2. The van der Waals surface area contributed by atoms with Crippen LogP contribution in [0, 0.1) is 6.92 Å². The molecule has 0 fully saturated rings. The number of carboxylic acids is 1. The Morgan fingerprint density at radius 1 is 1.03 bits per heavy atom. The van der Waals surface area contributed by atoms with E-state index in [0.717, 1.165) is 22.3 Å². The molecule has 0 aliphatic heterocycles. The zero-order valence-electron chi connectivity index (χ0n) is 18.6. The minimum absolute atomic E-state index is 0.0260. The monoisotopic (exact) mass is 522 g/mol. The lowest BCUT2D eigenvalue weighted by molar-refractivity contribution is -0.117. The summed E-state index contributed by atoms with van der Waals surface area (Å²) in [7, 11) is 0. The number of carboxylic acid groups (broad SMARTS) is 1. The molecule has 4 rings (SSSR count). The smallest absolute Gasteiger partial charge is 0.407 e. The first-order chi connectivity index (χ1) is 16.3. The number of rotatable bonds is 6. The fourth-order valence-corrected chi connectivity index (χ4v) is 4.72. The molecule has 0 heterocycles. The van der Waals surface area contributed by atoms with Gasteiger partial charge in [-0.2, -0.15) is 0 Å². The van der Waals surface area contributed by atoms with Crippen LogP contribution in [0.3, 0.4) is 0 Å². The lowest BCUT2D eigenvalue weighted by Crippen LogP contribution is -2.42. The van der Waals surface area contributed by atoms with Gasteiger partial charge in [0.05, 0.1) is 5.56 Å². The number of fused-ring (bicyclic) bond motifs is 3. The predicted octanol–water partition coefficient (Wildman–Crippen LogP) is 5.32. The Morgan fingerprint density at radius 3 is 2.21 bits per heavy atom. The van der Waals surface area contributed by atoms with Crippen molar-refractivity contribution in [3.63, 3.8) is 0 Å². The minimum atomic E-state index is -1.12. The van der Waals surface area contributed by atoms with Gasteiger partial charge >= 0.3 is 12.1 Å². The van der Waals surface area contributed by atoms with Gasteiger partial charge in [-0.1, -0.05) is 48.5 Å². The Bertz CT molecular complexity index is 1240. The average molecular weight is 523 g/mol. The topological polar surface area (TPSA) is 105 Å². The summed E-state index contributed by atoms with van der Waals surface area (Å²) in [6.45, 7) is 3.42. The zero-order chi connectivity index (χ0) is 24.4. The summed E-state index contributed by atoms with van der Waals surface area (Å²) in [4.78, 5) is 36.4. The summed E-state index contributed by atoms with van der Waals surface area (Å²) in [5, 5.41) is 14.5. The standard InChI is InChI=1S/C26H23BrN2O5/c1-14-11-22(27)20(25(31)32)12-23(14)29-24(30)15(2)28-26(33)34-13-21-18-9-5-3-7-16(18)17-8-4-6-10-19(17)21/h3-12,15,21H,13H2,1-2H3,(H,28,33)(H,29,30)(H,31,32). The Kier molecular flexibility index (Phi) is 6.70. The molecule has 8 heteroatoms. The van der Waals surface area contributed by atoms with Gasteiger partial charge in [-0.05, 0) is 69.7 Å². The van der Waals surface area contributed by atoms with E-state index in [1.54, 1.807) is 13.0 Å². The molecule has 174 valence electrons. The van der Waals surface area contributed by atoms with E-state index >= 15 is 0 Å². The maximum absolute atomic E-state index is 12.6. The molecule has 1 unspecified atom stereocenters. The van der Waals surface area contributed by atoms with E-state index in [1.165, 1.54) is 13.0 Å². The van der Waals surface area contributed by atoms with Gasteiger partial charge in [0.25, 0.3) is 0 Å². The molecule has 0 bridgehead atoms. The van der Waals surface area contributed by atoms with Crippen LogP contribution in [-0.4, -0.2) is 35.7 Å². The fraction of sp³-hybridized carbons (Fsp3) is 0.192. The number of ether oxygens (including phenoxy) is 1. The molecule has 1 aliphatic carbocycles. The van der Waals surface area contributed by atoms with Crippen LogP contribution in [-0.2, 0) is 9.53 Å². The third kappa shape index (κ3) is 4.68. The number of hydrogen-bond acceptors (Lipinski definition) is 4. The lowest BCUT2D eigenvalue weighted by atomic mass is 9.98. The molecular weight excluding hydrogens is 500 g/mol. The summed E-state index contributed by atoms with van der Waals surface area (Å²) >= 11 is 3.21. The lowest BCUT2D eigenvalue weighted by Gasteiger charge is -2.18. The molecule has 2 amide bonds. The van der Waals surface area contributed by atoms with Gasteiger partial charge in [0, 0.05) is 16.1 Å². The van der Waals surface area contributed by atoms with Gasteiger partial charge in [-0.15, -0.1) is 0 Å². The van der Waals surface area contributed by atoms with Crippen molar-refractivity contribution in [2.24, 2.45) is 0 Å². The van der Waals surface area contributed by atoms with Crippen molar-refractivity contribution in [1.29, 1.82) is 0 Å². The molecule has 1 aliphatic rings. The van der Waals surface area contributed by atoms with Crippen molar-refractivity contribution in [2.75, 3.05) is 11.9 Å². The zero-order valence-corrected chi connectivity index (χ0v) is 20.2. The summed E-state index contributed by atoms with van der Waals surface area (Å²) in [5.41, 5.74) is 5.52. The van der Waals surface area contributed by atoms with Crippen molar-refractivity contribution in [3.8, 4) is 11.1 Å². The van der Waals surface area contributed by atoms with E-state index in [1.807, 2.05) is 36.4 Å². The third-order valence-corrected chi connectivity index (χ3v) is 6.53. The number of alkyl carbamates (subject to hydrolysis) is 1. The second-order valence-corrected chi connectivity index (χ2v) is 8.99. The van der Waals surface area contributed by atoms with Gasteiger partial charge in [0.1, 0.15) is 12.6 Å². The molecule has 0 aromatic heterocycles. The minimum Gasteiger partial charge on any atom is -0.478 e. The highest BCUT2D eigenvalue weighted by molar-refractivity contribution is 9.10. The molecule has 0 saturated heterocycles. The number of halogens is 1. The van der Waals surface area contributed by atoms with Crippen molar-refractivity contribution < 1.29 is 24.2 Å². The van der Waals surface area contributed by atoms with Crippen molar-refractivity contribution in [2.45, 2.75) is 25.8 Å². The molecule has 1 atom stereocenters. The van der Waals surface area contributed by atoms with E-state index in [0.29, 0.717) is 15.7 Å². The van der Waals surface area contributed by atoms with Gasteiger partial charge in [0.2, 0.25) is 5.91 Å². The highest BCUT2D eigenvalue weighted by Crippen LogP contribution is 2.44. The number of hydrogen-bond donors (Lipinski definition) is 3. The molecule has 7 nitrogen and oxygen atoms in total. The van der Waals surface area contributed by atoms with E-state index in [2.05, 4.69) is 38.7 Å². The number of carbonyl (C=O) groups excluding carboxylic acids is 2. The first-order valence-electron chi connectivity index (χ1n) is 10.7. The van der Waals surface area contributed by atoms with Crippen LogP contribution >= 0.6 is 15.9 Å². The van der Waals surface area contributed by atoms with Crippen molar-refractivity contribution in [1.82, 2.24) is 5.32 Å². The summed E-state index contributed by atoms with van der Waals surface area (Å²) in [5.74, 6) is -1.69. The Morgan fingerprint density at radius 2 is 1.62 bits per heavy atom. The Labute approximate surface area is 205 Å². The van der Waals surface area contributed by atoms with Crippen LogP contribution in [0.15, 0.2) is 65.1 Å². The number of aryl methyl sites for hydroxylation is 1. The average Bonchev–Trinajstić information content (AvgIpc) is 3.13. The summed E-state index contributed by atoms with van der Waals surface area (Å²) < 4.78 is 5.90. The van der Waals surface area contributed by atoms with Crippen LogP contribution in [0.4, 0.5) is 10.5 Å². The quantitative estimate of drug-likeness (QED) is 0.406. The highest BCUT2D eigenvalue weighted by atomic mass is 79.9. The molecular formula is C26H23BrN2O5. The van der Waals surface area contributed by atoms with Crippen LogP contribution in [0.2, 0.25) is 0 Å². The van der Waals surface area contributed by atoms with Gasteiger partial charge in [0.15, 0.2) is 0 Å². The summed E-state index contributed by atoms with van der Waals surface area (Å²) in [6.07, 6.45) is -0.705. The Hall–Kier alpha value is -3.65. The maximum atomic E-state index is 12.6. The van der Waals surface area contributed by atoms with E-state index in [-0.39, 0.29) is 18.1 Å². The van der Waals surface area contributed by atoms with Gasteiger partial charge < -0.3 is 20.5 Å². The first kappa shape index (κ1) is 23.5. The molecule has 3 aromatic carbocycles. The van der Waals surface area contributed by atoms with Gasteiger partial charge in [-0.3, -0.25) is 4.79 Å². The maximum Gasteiger partial charge on any atom is 0.407 e. The van der Waals surface area contributed by atoms with Crippen LogP contribution in [0.25, 0.3) is 11.1 Å². The largest absolute Gasteiger partial charge is 0.478 e. The molecule has 0 spiro atoms. The van der Waals surface area contributed by atoms with E-state index in [9.17, 15) is 19.5 Å². The first-order valence-corrected chi connectivity index (χ1v) is 11.5. The number of aromatic carboxylic acids is 1. The van der Waals surface area contributed by atoms with E-state index in [4.69, 9.17) is 4.74 Å². The number of carbonyl (C=O) groups is 3. The van der Waals surface area contributed by atoms with Crippen molar-refractivity contribution in [3.05, 3.63) is 87.4 Å². The molecule has 34 heavy (non-hydrogen) atoms. The SMILES string of the molecule is Cc1cc(Br)c(C(=O)O)cc1NC(=O)C(C)NC(=O)OCC1c2ccccc2-c2ccccc21. The second kappa shape index (κ2) is 9.69. The molecule has 0 saturated carbocycles. The number of nitrogens with one attached hydrogen (secondary N) is 2. The number of benzene rings is 3. The molecule has 3 N–H and O–H groups in total. The van der Waals surface area contributed by atoms with Crippen LogP contribution < -0.4 is 10.6 Å². The molecule has 0 radical (unpaired) electrons. The highest BCUT2D eigenvalue weighted by Gasteiger charge is 2.29. The van der Waals surface area contributed by atoms with Crippen LogP contribution in [0.5, 0.6) is 0 Å². The van der Waals surface area contributed by atoms with Crippen molar-refractivity contribution >= 4 is 39.6 Å². The fourth-order valence-electron chi connectivity index (χ4n) is 4.09. The van der Waals surface area contributed by atoms with E-state index < -0.39 is 24.0 Å². The third-order valence-electron chi connectivity index (χ3n) is 5.87. The number of anilines is 1. The van der Waals surface area contributed by atoms with Crippen LogP contribution in [0.1, 0.15) is 39.9 Å². The predicted molar refractivity (Wildman–Crippen MR) is 132 cm³/mol. The second-order valence-electron chi connectivity index (χ2n) is 8.13. The summed E-state index contributed by atoms with van der Waals surface area (Å²) in [6, 6.07) is 18.2. The van der Waals surface area contributed by atoms with Gasteiger partial charge in [-0.25, -0.2) is 9.59 Å². The Balaban J connectivity index is 1.38.